The van der Waals surface area contributed by atoms with Crippen molar-refractivity contribution in [3.8, 4) is 22.5 Å². The summed E-state index contributed by atoms with van der Waals surface area (Å²) >= 11 is 12.0. The number of hydrogen-bond donors (Lipinski definition) is 1. The Morgan fingerprint density at radius 3 is 2.30 bits per heavy atom. The molecule has 4 rings (SSSR count). The number of nitrogens with one attached hydrogen (secondary N) is 1. The molecule has 10 heteroatoms. The number of aromatic amines is 1. The van der Waals surface area contributed by atoms with Crippen molar-refractivity contribution in [2.75, 3.05) is 26.2 Å². The zero-order valence-electron chi connectivity index (χ0n) is 21.6. The topological polar surface area (TPSA) is 80.4 Å². The van der Waals surface area contributed by atoms with Gasteiger partial charge in [0, 0.05) is 30.7 Å². The quantitative estimate of drug-likeness (QED) is 0.186. The van der Waals surface area contributed by atoms with Crippen LogP contribution in [0.25, 0.3) is 33.5 Å². The second-order valence-electron chi connectivity index (χ2n) is 10.3. The summed E-state index contributed by atoms with van der Waals surface area (Å²) in [6.07, 6.45) is 6.01. The van der Waals surface area contributed by atoms with Gasteiger partial charge in [-0.15, -0.1) is 11.3 Å². The van der Waals surface area contributed by atoms with Crippen LogP contribution >= 0.6 is 0 Å². The van der Waals surface area contributed by atoms with Crippen LogP contribution in [-0.2, 0) is 54.2 Å². The van der Waals surface area contributed by atoms with Crippen LogP contribution in [0.3, 0.4) is 0 Å². The van der Waals surface area contributed by atoms with E-state index in [1.807, 2.05) is 19.9 Å². The van der Waals surface area contributed by atoms with E-state index >= 15 is 0 Å². The van der Waals surface area contributed by atoms with Crippen molar-refractivity contribution in [1.29, 1.82) is 0 Å². The van der Waals surface area contributed by atoms with Crippen molar-refractivity contribution in [2.45, 2.75) is 43.7 Å². The Bertz CT molecular complexity index is 1250. The molecule has 0 saturated carbocycles. The van der Waals surface area contributed by atoms with Crippen LogP contribution in [0.5, 0.6) is 0 Å². The van der Waals surface area contributed by atoms with Crippen LogP contribution in [0.2, 0.25) is 0 Å². The molecule has 0 amide bonds. The summed E-state index contributed by atoms with van der Waals surface area (Å²) in [4.78, 5) is 7.22. The Kier molecular flexibility index (Phi) is 10.7. The summed E-state index contributed by atoms with van der Waals surface area (Å²) in [6.45, 7) is 12.2. The van der Waals surface area contributed by atoms with E-state index in [4.69, 9.17) is 33.7 Å². The van der Waals surface area contributed by atoms with Crippen LogP contribution in [0, 0.1) is 0 Å². The van der Waals surface area contributed by atoms with Crippen molar-refractivity contribution in [2.24, 2.45) is 0 Å². The van der Waals surface area contributed by atoms with Gasteiger partial charge in [0.05, 0.1) is 11.4 Å². The molecule has 0 aliphatic carbocycles. The number of hydrogen-bond acceptors (Lipinski definition) is 6. The molecule has 0 aliphatic heterocycles. The maximum absolute atomic E-state index is 8.22. The van der Waals surface area contributed by atoms with E-state index in [0.717, 1.165) is 73.2 Å². The van der Waals surface area contributed by atoms with Crippen LogP contribution in [0.1, 0.15) is 33.3 Å². The van der Waals surface area contributed by atoms with Crippen molar-refractivity contribution in [3.05, 3.63) is 71.9 Å². The average Bonchev–Trinajstić information content (AvgIpc) is 3.52. The van der Waals surface area contributed by atoms with Crippen molar-refractivity contribution in [1.82, 2.24) is 24.5 Å². The number of rotatable bonds is 11. The van der Waals surface area contributed by atoms with Crippen molar-refractivity contribution < 1.29 is 22.4 Å². The number of imidazole rings is 1. The third kappa shape index (κ3) is 9.46. The maximum atomic E-state index is 8.22. The Morgan fingerprint density at radius 2 is 1.68 bits per heavy atom. The first-order chi connectivity index (χ1) is 17.6. The molecular weight excluding hydrogens is 586 g/mol. The van der Waals surface area contributed by atoms with E-state index in [2.05, 4.69) is 87.5 Å². The minimum absolute atomic E-state index is 0.189. The summed E-state index contributed by atoms with van der Waals surface area (Å²) in [5.41, 5.74) is 6.29. The Labute approximate surface area is 241 Å². The summed E-state index contributed by atoms with van der Waals surface area (Å²) in [5.74, 6) is 0. The standard InChI is InChI=1S/C27H35N6S2.O.Tc/c1-26(2,34)18-28-13-14-32(19-27(3,4)35)15-20-5-10-25-30-24(17-33(25)16-20)22-8-6-21(7-9-22)23-11-12-29-31-23;;/h5-12,16-17,34-35H,13-15,18-19H2,1-4H3,(H,29,31);;/q-1;;+4/p-2. The molecular formula is C27H33N6OS2Tc+. The van der Waals surface area contributed by atoms with Gasteiger partial charge in [-0.05, 0) is 36.3 Å². The molecule has 0 bridgehead atoms. The molecule has 37 heavy (non-hydrogen) atoms. The molecule has 7 nitrogen and oxygen atoms in total. The number of nitrogens with zero attached hydrogens (tertiary/aromatic N) is 5. The second kappa shape index (κ2) is 13.3. The van der Waals surface area contributed by atoms with Gasteiger partial charge in [-0.2, -0.15) is 16.4 Å². The van der Waals surface area contributed by atoms with Crippen molar-refractivity contribution in [3.63, 3.8) is 0 Å². The van der Waals surface area contributed by atoms with E-state index in [-0.39, 0.29) is 9.49 Å². The van der Waals surface area contributed by atoms with Crippen LogP contribution in [-0.4, -0.2) is 60.2 Å². The van der Waals surface area contributed by atoms with Gasteiger partial charge in [-0.25, -0.2) is 4.98 Å². The molecule has 0 unspecified atom stereocenters. The van der Waals surface area contributed by atoms with Gasteiger partial charge < -0.3 is 39.9 Å². The van der Waals surface area contributed by atoms with E-state index in [1.165, 1.54) is 5.56 Å². The molecule has 1 aromatic carbocycles. The first-order valence-electron chi connectivity index (χ1n) is 12.1. The normalized spacial score (nSPS) is 12.1. The number of benzene rings is 1. The Morgan fingerprint density at radius 1 is 0.973 bits per heavy atom. The molecule has 0 fully saturated rings. The molecule has 0 saturated heterocycles. The van der Waals surface area contributed by atoms with Gasteiger partial charge in [-0.1, -0.05) is 58.0 Å². The van der Waals surface area contributed by atoms with Gasteiger partial charge in [0.1, 0.15) is 5.65 Å². The van der Waals surface area contributed by atoms with Crippen LogP contribution in [0.4, 0.5) is 0 Å². The Hall–Kier alpha value is -1.81. The van der Waals surface area contributed by atoms with Gasteiger partial charge in [0.15, 0.2) is 0 Å². The molecule has 1 N–H and O–H groups in total. The van der Waals surface area contributed by atoms with Gasteiger partial charge >= 0.3 is 22.4 Å². The molecule has 3 aromatic heterocycles. The summed E-state index contributed by atoms with van der Waals surface area (Å²) in [5, 5.41) is 11.7. The molecule has 0 radical (unpaired) electrons. The molecule has 4 aromatic rings. The van der Waals surface area contributed by atoms with Gasteiger partial charge in [-0.3, -0.25) is 5.10 Å². The van der Waals surface area contributed by atoms with E-state index in [0.29, 0.717) is 6.54 Å². The average molecular weight is 620 g/mol. The fourth-order valence-electron chi connectivity index (χ4n) is 4.08. The number of H-pyrrole nitrogens is 1. The summed E-state index contributed by atoms with van der Waals surface area (Å²) < 4.78 is 9.93. The molecule has 3 heterocycles. The molecule has 0 aliphatic rings. The predicted molar refractivity (Wildman–Crippen MR) is 150 cm³/mol. The molecule has 195 valence electrons. The first kappa shape index (κ1) is 29.7. The fourth-order valence-corrected chi connectivity index (χ4v) is 4.35. The third-order valence-electron chi connectivity index (χ3n) is 5.58. The second-order valence-corrected chi connectivity index (χ2v) is 12.5. The zero-order valence-corrected chi connectivity index (χ0v) is 25.1. The predicted octanol–water partition coefficient (Wildman–Crippen LogP) is 5.10. The number of fused-ring (bicyclic) bond motifs is 1. The number of pyridine rings is 1. The number of aromatic nitrogens is 4. The summed E-state index contributed by atoms with van der Waals surface area (Å²) in [6, 6.07) is 14.6. The van der Waals surface area contributed by atoms with Crippen LogP contribution < -0.4 is 0 Å². The van der Waals surface area contributed by atoms with Crippen LogP contribution in [0.15, 0.2) is 61.1 Å². The molecule has 0 atom stereocenters. The first-order valence-corrected chi connectivity index (χ1v) is 13.6. The van der Waals surface area contributed by atoms with Gasteiger partial charge in [0.25, 0.3) is 0 Å². The monoisotopic (exact) mass is 618 g/mol. The minimum atomic E-state index is -0.202. The third-order valence-corrected chi connectivity index (χ3v) is 5.84. The van der Waals surface area contributed by atoms with E-state index in [1.54, 1.807) is 6.20 Å². The van der Waals surface area contributed by atoms with E-state index < -0.39 is 0 Å². The van der Waals surface area contributed by atoms with Gasteiger partial charge in [0.2, 0.25) is 0 Å². The summed E-state index contributed by atoms with van der Waals surface area (Å²) in [7, 11) is 0. The van der Waals surface area contributed by atoms with Crippen molar-refractivity contribution >= 4 is 30.9 Å². The van der Waals surface area contributed by atoms with E-state index in [9.17, 15) is 0 Å². The fraction of sp³-hybridized carbons (Fsp3) is 0.407. The molecule has 0 spiro atoms. The zero-order chi connectivity index (χ0) is 27.1. The Balaban J connectivity index is 0.00000186. The SMILES string of the molecule is CC(C)([S-])C[N-]CCN(Cc1ccc2nc(-c3ccc(-c4ccn[nH]4)cc3)cn2c1)CC(C)(C)[S-].[O]=[Tc+4].